The normalized spacial score (nSPS) is 26.4. The van der Waals surface area contributed by atoms with Crippen molar-refractivity contribution in [2.45, 2.75) is 37.5 Å². The van der Waals surface area contributed by atoms with Crippen molar-refractivity contribution < 1.29 is 14.9 Å². The van der Waals surface area contributed by atoms with Gasteiger partial charge in [-0.2, -0.15) is 0 Å². The Hall–Kier alpha value is -0.465. The second-order valence-corrected chi connectivity index (χ2v) is 5.24. The van der Waals surface area contributed by atoms with E-state index in [2.05, 4.69) is 5.32 Å². The summed E-state index contributed by atoms with van der Waals surface area (Å²) in [5, 5.41) is 18.3. The van der Waals surface area contributed by atoms with Gasteiger partial charge >= 0.3 is 0 Å². The summed E-state index contributed by atoms with van der Waals surface area (Å²) in [4.78, 5) is 10.6. The summed E-state index contributed by atoms with van der Waals surface area (Å²) >= 11 is 0. The molecule has 1 heterocycles. The smallest absolute Gasteiger partial charge is 0.287 e. The lowest BCUT2D eigenvalue weighted by molar-refractivity contribution is -0.112. The molecule has 0 bridgehead atoms. The average molecular weight is 272 g/mol. The van der Waals surface area contributed by atoms with E-state index in [0.29, 0.717) is 12.0 Å². The Labute approximate surface area is 116 Å². The molecule has 2 aliphatic rings. The largest absolute Gasteiger partial charge is 0.454 e. The third kappa shape index (κ3) is 6.01. The van der Waals surface area contributed by atoms with Crippen molar-refractivity contribution in [1.82, 2.24) is 5.32 Å². The zero-order chi connectivity index (χ0) is 14.8. The van der Waals surface area contributed by atoms with Crippen molar-refractivity contribution in [1.29, 1.82) is 0 Å². The molecule has 1 atom stereocenters. The van der Waals surface area contributed by atoms with Crippen LogP contribution in [0.5, 0.6) is 0 Å². The molecule has 7 N–H and O–H groups in total. The van der Waals surface area contributed by atoms with E-state index in [0.717, 1.165) is 66.0 Å². The van der Waals surface area contributed by atoms with Crippen molar-refractivity contribution in [2.24, 2.45) is 16.9 Å². The van der Waals surface area contributed by atoms with Crippen LogP contribution in [-0.4, -0.2) is 56.2 Å². The Bertz CT molecular complexity index is 248. The lowest BCUT2D eigenvalue weighted by atomic mass is 9.79. The first-order chi connectivity index (χ1) is 9.10. The van der Waals surface area contributed by atoms with Crippen LogP contribution >= 0.6 is 0 Å². The molecule has 0 aromatic carbocycles. The van der Waals surface area contributed by atoms with Crippen LogP contribution in [0.25, 0.3) is 0 Å². The lowest BCUT2D eigenvalue weighted by Gasteiger charge is -2.40. The quantitative estimate of drug-likeness (QED) is 0.244. The number of hydrogen-bond acceptors (Lipinski definition) is 6. The molecule has 1 saturated heterocycles. The number of carbonyl (C=O) groups excluding carboxylic acids is 1. The predicted octanol–water partition coefficient (Wildman–Crippen LogP) is -1.37. The van der Waals surface area contributed by atoms with E-state index in [1.54, 1.807) is 0 Å². The Morgan fingerprint density at radius 2 is 2.00 bits per heavy atom. The van der Waals surface area contributed by atoms with Crippen molar-refractivity contribution in [3.63, 3.8) is 0 Å². The van der Waals surface area contributed by atoms with Gasteiger partial charge in [-0.15, -0.1) is 0 Å². The Morgan fingerprint density at radius 3 is 2.21 bits per heavy atom. The fourth-order valence-electron chi connectivity index (χ4n) is 2.46. The molecule has 1 spiro atoms. The van der Waals surface area contributed by atoms with Crippen molar-refractivity contribution in [2.75, 3.05) is 26.7 Å². The fraction of sp³-hybridized carbons (Fsp3) is 0.917. The topological polar surface area (TPSA) is 122 Å². The molecule has 1 aliphatic carbocycles. The number of carbonyl (C=O) groups is 1. The summed E-state index contributed by atoms with van der Waals surface area (Å²) < 4.78 is 0. The first-order valence-corrected chi connectivity index (χ1v) is 6.66. The minimum atomic E-state index is -0.498. The van der Waals surface area contributed by atoms with Gasteiger partial charge in [-0.05, 0) is 37.6 Å². The predicted molar refractivity (Wildman–Crippen MR) is 76.7 cm³/mol. The van der Waals surface area contributed by atoms with Crippen molar-refractivity contribution in [3.05, 3.63) is 0 Å². The standard InChI is InChI=1S/C8H14N2O.C3H9BNO.CH4O/c9-8(6-11)2-1-7(3-8)4-10-5-7;5-3-1-2-4-6;1-2/h6,10H,1-5,9H2;6H,1-3,5H2;2H,1H3. The third-order valence-electron chi connectivity index (χ3n) is 3.60. The SMILES string of the molecule is CO.NC1(C=O)CCC2(CNC2)C1.NCCC[B]O. The maximum absolute atomic E-state index is 10.6. The van der Waals surface area contributed by atoms with Gasteiger partial charge in [0, 0.05) is 20.2 Å². The van der Waals surface area contributed by atoms with Gasteiger partial charge < -0.3 is 31.7 Å². The van der Waals surface area contributed by atoms with E-state index in [4.69, 9.17) is 21.6 Å². The van der Waals surface area contributed by atoms with Gasteiger partial charge in [-0.1, -0.05) is 6.32 Å². The summed E-state index contributed by atoms with van der Waals surface area (Å²) in [5.74, 6) is 0. The molecule has 6 nitrogen and oxygen atoms in total. The molecule has 0 aromatic heterocycles. The lowest BCUT2D eigenvalue weighted by Crippen LogP contribution is -2.54. The van der Waals surface area contributed by atoms with E-state index in [9.17, 15) is 4.79 Å². The van der Waals surface area contributed by atoms with Crippen molar-refractivity contribution >= 4 is 13.8 Å². The number of aliphatic hydroxyl groups excluding tert-OH is 1. The van der Waals surface area contributed by atoms with Crippen LogP contribution in [0, 0.1) is 5.41 Å². The average Bonchev–Trinajstić information content (AvgIpc) is 2.79. The first-order valence-electron chi connectivity index (χ1n) is 6.66. The molecule has 1 radical (unpaired) electrons. The highest BCUT2D eigenvalue weighted by Crippen LogP contribution is 2.44. The molecular formula is C12H27BN3O3. The summed E-state index contributed by atoms with van der Waals surface area (Å²) in [6.45, 7) is 2.77. The molecule has 0 amide bonds. The Morgan fingerprint density at radius 1 is 1.37 bits per heavy atom. The van der Waals surface area contributed by atoms with Gasteiger partial charge in [-0.3, -0.25) is 0 Å². The highest BCUT2D eigenvalue weighted by atomic mass is 16.2. The van der Waals surface area contributed by atoms with Crippen LogP contribution in [0.15, 0.2) is 0 Å². The van der Waals surface area contributed by atoms with Crippen LogP contribution < -0.4 is 16.8 Å². The van der Waals surface area contributed by atoms with E-state index >= 15 is 0 Å². The van der Waals surface area contributed by atoms with Gasteiger partial charge in [-0.25, -0.2) is 0 Å². The molecule has 111 valence electrons. The molecule has 2 rings (SSSR count). The van der Waals surface area contributed by atoms with Gasteiger partial charge in [0.25, 0.3) is 7.48 Å². The monoisotopic (exact) mass is 272 g/mol. The fourth-order valence-corrected chi connectivity index (χ4v) is 2.46. The van der Waals surface area contributed by atoms with Crippen LogP contribution in [-0.2, 0) is 4.79 Å². The van der Waals surface area contributed by atoms with E-state index in [1.165, 1.54) is 0 Å². The van der Waals surface area contributed by atoms with Gasteiger partial charge in [0.2, 0.25) is 0 Å². The molecule has 1 saturated carbocycles. The molecule has 1 unspecified atom stereocenters. The van der Waals surface area contributed by atoms with Gasteiger partial charge in [0.1, 0.15) is 6.29 Å². The molecule has 7 heteroatoms. The summed E-state index contributed by atoms with van der Waals surface area (Å²) in [5.41, 5.74) is 10.8. The highest BCUT2D eigenvalue weighted by molar-refractivity contribution is 6.25. The van der Waals surface area contributed by atoms with Gasteiger partial charge in [0.05, 0.1) is 5.54 Å². The maximum Gasteiger partial charge on any atom is 0.287 e. The number of hydrogen-bond donors (Lipinski definition) is 5. The molecule has 19 heavy (non-hydrogen) atoms. The van der Waals surface area contributed by atoms with Crippen LogP contribution in [0.2, 0.25) is 6.32 Å². The van der Waals surface area contributed by atoms with Crippen molar-refractivity contribution in [3.8, 4) is 0 Å². The summed E-state index contributed by atoms with van der Waals surface area (Å²) in [6, 6.07) is 0. The second-order valence-electron chi connectivity index (χ2n) is 5.24. The first kappa shape index (κ1) is 18.5. The third-order valence-corrected chi connectivity index (χ3v) is 3.60. The molecule has 2 fully saturated rings. The number of aldehydes is 1. The minimum absolute atomic E-state index is 0.385. The van der Waals surface area contributed by atoms with E-state index in [-0.39, 0.29) is 0 Å². The highest BCUT2D eigenvalue weighted by Gasteiger charge is 2.49. The summed E-state index contributed by atoms with van der Waals surface area (Å²) in [6.07, 6.45) is 5.41. The maximum atomic E-state index is 10.6. The number of rotatable bonds is 4. The van der Waals surface area contributed by atoms with E-state index in [1.807, 2.05) is 0 Å². The number of nitrogens with one attached hydrogen (secondary N) is 1. The summed E-state index contributed by atoms with van der Waals surface area (Å²) in [7, 11) is 2.13. The van der Waals surface area contributed by atoms with Gasteiger partial charge in [0.15, 0.2) is 0 Å². The minimum Gasteiger partial charge on any atom is -0.454 e. The number of aliphatic hydroxyl groups is 1. The Kier molecular flexibility index (Phi) is 9.21. The van der Waals surface area contributed by atoms with E-state index < -0.39 is 5.54 Å². The Balaban J connectivity index is 0.000000350. The second kappa shape index (κ2) is 9.44. The van der Waals surface area contributed by atoms with Crippen LogP contribution in [0.4, 0.5) is 0 Å². The van der Waals surface area contributed by atoms with Crippen LogP contribution in [0.1, 0.15) is 25.7 Å². The molecular weight excluding hydrogens is 245 g/mol. The zero-order valence-corrected chi connectivity index (χ0v) is 11.8. The molecule has 0 aromatic rings. The number of nitrogens with two attached hydrogens (primary N) is 2. The zero-order valence-electron chi connectivity index (χ0n) is 11.8. The molecule has 1 aliphatic heterocycles. The van der Waals surface area contributed by atoms with Crippen LogP contribution in [0.3, 0.4) is 0 Å².